The number of hydrogen-bond donors (Lipinski definition) is 1. The molecule has 0 bridgehead atoms. The number of hydrogen-bond acceptors (Lipinski definition) is 5. The van der Waals surface area contributed by atoms with Gasteiger partial charge in [-0.05, 0) is 12.1 Å². The number of benzene rings is 1. The molecule has 1 aliphatic rings. The molecule has 1 aromatic heterocycles. The summed E-state index contributed by atoms with van der Waals surface area (Å²) in [5.74, 6) is 0.475. The van der Waals surface area contributed by atoms with Crippen LogP contribution in [0, 0.1) is 0 Å². The summed E-state index contributed by atoms with van der Waals surface area (Å²) in [5.41, 5.74) is 7.83. The van der Waals surface area contributed by atoms with E-state index in [0.717, 1.165) is 38.4 Å². The highest BCUT2D eigenvalue weighted by Gasteiger charge is 2.17. The van der Waals surface area contributed by atoms with Gasteiger partial charge in [0, 0.05) is 38.4 Å². The molecule has 0 radical (unpaired) electrons. The van der Waals surface area contributed by atoms with E-state index in [9.17, 15) is 0 Å². The Kier molecular flexibility index (Phi) is 3.78. The second kappa shape index (κ2) is 5.88. The summed E-state index contributed by atoms with van der Waals surface area (Å²) < 4.78 is 0. The fraction of sp³-hybridized carbons (Fsp3) is 0.333. The summed E-state index contributed by atoms with van der Waals surface area (Å²) in [4.78, 5) is 13.2. The van der Waals surface area contributed by atoms with Gasteiger partial charge in [-0.2, -0.15) is 0 Å². The van der Waals surface area contributed by atoms with Crippen LogP contribution in [-0.2, 0) is 6.54 Å². The summed E-state index contributed by atoms with van der Waals surface area (Å²) in [5, 5.41) is 0. The molecule has 2 aromatic rings. The summed E-state index contributed by atoms with van der Waals surface area (Å²) >= 11 is 0. The number of anilines is 2. The van der Waals surface area contributed by atoms with E-state index < -0.39 is 0 Å². The fourth-order valence-corrected chi connectivity index (χ4v) is 2.48. The highest BCUT2D eigenvalue weighted by Crippen LogP contribution is 2.16. The third-order valence-electron chi connectivity index (χ3n) is 3.60. The van der Waals surface area contributed by atoms with Crippen molar-refractivity contribution in [3.63, 3.8) is 0 Å². The molecule has 0 unspecified atom stereocenters. The summed E-state index contributed by atoms with van der Waals surface area (Å²) in [6.45, 7) is 5.02. The lowest BCUT2D eigenvalue weighted by Gasteiger charge is -2.35. The van der Waals surface area contributed by atoms with Gasteiger partial charge in [-0.25, -0.2) is 4.98 Å². The van der Waals surface area contributed by atoms with Crippen molar-refractivity contribution < 1.29 is 0 Å². The van der Waals surface area contributed by atoms with Crippen LogP contribution in [0.1, 0.15) is 5.69 Å². The Balaban J connectivity index is 1.55. The highest BCUT2D eigenvalue weighted by molar-refractivity contribution is 5.46. The molecule has 20 heavy (non-hydrogen) atoms. The van der Waals surface area contributed by atoms with Crippen LogP contribution in [0.25, 0.3) is 0 Å². The first-order valence-corrected chi connectivity index (χ1v) is 6.90. The SMILES string of the molecule is Nc1cnc(CN2CCN(c3ccccc3)CC2)cn1. The number of nitrogens with zero attached hydrogens (tertiary/aromatic N) is 4. The molecule has 0 amide bonds. The molecule has 1 aromatic carbocycles. The zero-order chi connectivity index (χ0) is 13.8. The van der Waals surface area contributed by atoms with E-state index in [-0.39, 0.29) is 0 Å². The van der Waals surface area contributed by atoms with Gasteiger partial charge in [0.25, 0.3) is 0 Å². The molecule has 104 valence electrons. The van der Waals surface area contributed by atoms with Crippen LogP contribution in [0.5, 0.6) is 0 Å². The van der Waals surface area contributed by atoms with Crippen molar-refractivity contribution in [3.8, 4) is 0 Å². The van der Waals surface area contributed by atoms with Gasteiger partial charge >= 0.3 is 0 Å². The second-order valence-electron chi connectivity index (χ2n) is 5.03. The molecule has 0 spiro atoms. The van der Waals surface area contributed by atoms with Crippen LogP contribution >= 0.6 is 0 Å². The smallest absolute Gasteiger partial charge is 0.141 e. The Morgan fingerprint density at radius 2 is 1.70 bits per heavy atom. The van der Waals surface area contributed by atoms with E-state index in [1.165, 1.54) is 5.69 Å². The minimum absolute atomic E-state index is 0.475. The molecule has 3 rings (SSSR count). The van der Waals surface area contributed by atoms with Gasteiger partial charge in [-0.15, -0.1) is 0 Å². The molecule has 0 saturated carbocycles. The van der Waals surface area contributed by atoms with Gasteiger partial charge in [-0.1, -0.05) is 18.2 Å². The minimum atomic E-state index is 0.475. The number of piperazine rings is 1. The molecular formula is C15H19N5. The monoisotopic (exact) mass is 269 g/mol. The molecular weight excluding hydrogens is 250 g/mol. The number of nitrogen functional groups attached to an aromatic ring is 1. The summed E-state index contributed by atoms with van der Waals surface area (Å²) in [6, 6.07) is 10.6. The lowest BCUT2D eigenvalue weighted by molar-refractivity contribution is 0.247. The van der Waals surface area contributed by atoms with E-state index in [0.29, 0.717) is 5.82 Å². The quantitative estimate of drug-likeness (QED) is 0.912. The van der Waals surface area contributed by atoms with Gasteiger partial charge in [0.05, 0.1) is 18.1 Å². The molecule has 2 N–H and O–H groups in total. The Morgan fingerprint density at radius 3 is 2.35 bits per heavy atom. The third kappa shape index (κ3) is 3.05. The van der Waals surface area contributed by atoms with E-state index in [4.69, 9.17) is 5.73 Å². The number of para-hydroxylation sites is 1. The average Bonchev–Trinajstić information content (AvgIpc) is 2.51. The van der Waals surface area contributed by atoms with Crippen LogP contribution in [-0.4, -0.2) is 41.0 Å². The molecule has 5 heteroatoms. The minimum Gasteiger partial charge on any atom is -0.382 e. The van der Waals surface area contributed by atoms with Crippen molar-refractivity contribution in [1.29, 1.82) is 0 Å². The van der Waals surface area contributed by atoms with Crippen molar-refractivity contribution in [3.05, 3.63) is 48.4 Å². The predicted octanol–water partition coefficient (Wildman–Crippen LogP) is 1.38. The van der Waals surface area contributed by atoms with E-state index in [2.05, 4.69) is 50.1 Å². The topological polar surface area (TPSA) is 58.3 Å². The first-order chi connectivity index (χ1) is 9.81. The zero-order valence-electron chi connectivity index (χ0n) is 11.4. The van der Waals surface area contributed by atoms with E-state index in [1.807, 2.05) is 0 Å². The Hall–Kier alpha value is -2.14. The maximum absolute atomic E-state index is 5.55. The molecule has 0 atom stereocenters. The van der Waals surface area contributed by atoms with Gasteiger partial charge < -0.3 is 10.6 Å². The lowest BCUT2D eigenvalue weighted by Crippen LogP contribution is -2.46. The molecule has 5 nitrogen and oxygen atoms in total. The van der Waals surface area contributed by atoms with Crippen molar-refractivity contribution in [2.45, 2.75) is 6.54 Å². The van der Waals surface area contributed by atoms with Gasteiger partial charge in [0.2, 0.25) is 0 Å². The number of rotatable bonds is 3. The largest absolute Gasteiger partial charge is 0.382 e. The Bertz CT molecular complexity index is 532. The van der Waals surface area contributed by atoms with Gasteiger partial charge in [0.15, 0.2) is 0 Å². The first kappa shape index (κ1) is 12.9. The summed E-state index contributed by atoms with van der Waals surface area (Å²) in [7, 11) is 0. The number of nitrogens with two attached hydrogens (primary N) is 1. The van der Waals surface area contributed by atoms with Crippen LogP contribution in [0.15, 0.2) is 42.7 Å². The van der Waals surface area contributed by atoms with Crippen LogP contribution < -0.4 is 10.6 Å². The normalized spacial score (nSPS) is 16.3. The van der Waals surface area contributed by atoms with Crippen LogP contribution in [0.3, 0.4) is 0 Å². The zero-order valence-corrected chi connectivity index (χ0v) is 11.4. The number of aromatic nitrogens is 2. The summed E-state index contributed by atoms with van der Waals surface area (Å²) in [6.07, 6.45) is 3.38. The van der Waals surface area contributed by atoms with Crippen LogP contribution in [0.4, 0.5) is 11.5 Å². The van der Waals surface area contributed by atoms with Crippen molar-refractivity contribution in [2.75, 3.05) is 36.8 Å². The molecule has 1 fully saturated rings. The molecule has 2 heterocycles. The second-order valence-corrected chi connectivity index (χ2v) is 5.03. The van der Waals surface area contributed by atoms with Gasteiger partial charge in [-0.3, -0.25) is 9.88 Å². The Labute approximate surface area is 119 Å². The fourth-order valence-electron chi connectivity index (χ4n) is 2.48. The highest BCUT2D eigenvalue weighted by atomic mass is 15.3. The lowest BCUT2D eigenvalue weighted by atomic mass is 10.2. The first-order valence-electron chi connectivity index (χ1n) is 6.90. The molecule has 0 aliphatic carbocycles. The van der Waals surface area contributed by atoms with Crippen molar-refractivity contribution in [1.82, 2.24) is 14.9 Å². The van der Waals surface area contributed by atoms with Crippen LogP contribution in [0.2, 0.25) is 0 Å². The Morgan fingerprint density at radius 1 is 0.950 bits per heavy atom. The molecule has 1 aliphatic heterocycles. The predicted molar refractivity (Wildman–Crippen MR) is 80.4 cm³/mol. The standard InChI is InChI=1S/C15H19N5/c16-15-11-17-13(10-18-15)12-19-6-8-20(9-7-19)14-4-2-1-3-5-14/h1-5,10-11H,6-9,12H2,(H2,16,18). The van der Waals surface area contributed by atoms with E-state index in [1.54, 1.807) is 12.4 Å². The van der Waals surface area contributed by atoms with E-state index >= 15 is 0 Å². The van der Waals surface area contributed by atoms with Gasteiger partial charge in [0.1, 0.15) is 5.82 Å². The maximum Gasteiger partial charge on any atom is 0.141 e. The average molecular weight is 269 g/mol. The van der Waals surface area contributed by atoms with Crippen molar-refractivity contribution in [2.24, 2.45) is 0 Å². The maximum atomic E-state index is 5.55. The third-order valence-corrected chi connectivity index (χ3v) is 3.60. The van der Waals surface area contributed by atoms with Crippen molar-refractivity contribution >= 4 is 11.5 Å². The molecule has 1 saturated heterocycles.